The molecule has 2 rings (SSSR count). The third-order valence-electron chi connectivity index (χ3n) is 3.11. The number of nitrogens with zero attached hydrogens (tertiary/aromatic N) is 1. The van der Waals surface area contributed by atoms with Gasteiger partial charge in [0.1, 0.15) is 6.54 Å². The van der Waals surface area contributed by atoms with E-state index >= 15 is 0 Å². The lowest BCUT2D eigenvalue weighted by molar-refractivity contribution is -0.144. The van der Waals surface area contributed by atoms with E-state index < -0.39 is 0 Å². The Bertz CT molecular complexity index is 529. The number of ether oxygens (including phenoxy) is 1. The second kappa shape index (κ2) is 6.26. The first-order chi connectivity index (χ1) is 9.54. The fourth-order valence-corrected chi connectivity index (χ4v) is 2.40. The van der Waals surface area contributed by atoms with Crippen LogP contribution < -0.4 is 5.73 Å². The molecule has 2 N–H and O–H groups in total. The maximum atomic E-state index is 12.6. The van der Waals surface area contributed by atoms with Crippen molar-refractivity contribution in [2.24, 2.45) is 0 Å². The topological polar surface area (TPSA) is 72.6 Å². The van der Waals surface area contributed by atoms with Gasteiger partial charge in [0, 0.05) is 11.7 Å². The van der Waals surface area contributed by atoms with Gasteiger partial charge in [-0.15, -0.1) is 0 Å². The molecule has 1 amide bonds. The van der Waals surface area contributed by atoms with Crippen LogP contribution in [-0.4, -0.2) is 36.0 Å². The molecule has 5 nitrogen and oxygen atoms in total. The minimum atomic E-state index is -0.382. The zero-order chi connectivity index (χ0) is 14.7. The molecule has 6 heteroatoms. The molecule has 1 aliphatic rings. The summed E-state index contributed by atoms with van der Waals surface area (Å²) < 4.78 is 5.49. The normalized spacial score (nSPS) is 13.9. The molecule has 1 saturated carbocycles. The molecule has 0 heterocycles. The summed E-state index contributed by atoms with van der Waals surface area (Å²) in [6.45, 7) is 2.04. The number of hydrogen-bond donors (Lipinski definition) is 1. The average Bonchev–Trinajstić information content (AvgIpc) is 3.23. The van der Waals surface area contributed by atoms with Gasteiger partial charge >= 0.3 is 5.97 Å². The van der Waals surface area contributed by atoms with E-state index in [4.69, 9.17) is 10.5 Å². The predicted octanol–water partition coefficient (Wildman–Crippen LogP) is 2.20. The standard InChI is InChI=1S/C14H17BrN2O3/c1-2-20-12(18)8-17(9-6-7-9)14(19)10-4-3-5-11(16)13(10)15/h3-5,9H,2,6-8,16H2,1H3. The van der Waals surface area contributed by atoms with Crippen molar-refractivity contribution in [3.05, 3.63) is 28.2 Å². The van der Waals surface area contributed by atoms with Crippen LogP contribution in [0.1, 0.15) is 30.1 Å². The highest BCUT2D eigenvalue weighted by molar-refractivity contribution is 9.10. The average molecular weight is 341 g/mol. The number of carbonyl (C=O) groups excluding carboxylic acids is 2. The van der Waals surface area contributed by atoms with E-state index in [2.05, 4.69) is 15.9 Å². The highest BCUT2D eigenvalue weighted by Gasteiger charge is 2.35. The fourth-order valence-electron chi connectivity index (χ4n) is 1.97. The third kappa shape index (κ3) is 3.30. The summed E-state index contributed by atoms with van der Waals surface area (Å²) in [6.07, 6.45) is 1.84. The highest BCUT2D eigenvalue weighted by atomic mass is 79.9. The van der Waals surface area contributed by atoms with E-state index in [1.807, 2.05) is 0 Å². The SMILES string of the molecule is CCOC(=O)CN(C(=O)c1cccc(N)c1Br)C1CC1. The molecule has 0 atom stereocenters. The van der Waals surface area contributed by atoms with E-state index in [1.165, 1.54) is 0 Å². The van der Waals surface area contributed by atoms with E-state index in [0.29, 0.717) is 22.3 Å². The number of esters is 1. The van der Waals surface area contributed by atoms with Crippen molar-refractivity contribution in [2.45, 2.75) is 25.8 Å². The van der Waals surface area contributed by atoms with Crippen LogP contribution in [0.5, 0.6) is 0 Å². The number of rotatable bonds is 5. The van der Waals surface area contributed by atoms with Gasteiger partial charge in [-0.2, -0.15) is 0 Å². The van der Waals surface area contributed by atoms with Gasteiger partial charge in [-0.3, -0.25) is 9.59 Å². The van der Waals surface area contributed by atoms with Crippen molar-refractivity contribution in [1.82, 2.24) is 4.90 Å². The van der Waals surface area contributed by atoms with Crippen molar-refractivity contribution >= 4 is 33.5 Å². The Hall–Kier alpha value is -1.56. The number of amides is 1. The molecule has 1 fully saturated rings. The molecule has 0 aliphatic heterocycles. The van der Waals surface area contributed by atoms with Gasteiger partial charge in [0.05, 0.1) is 16.6 Å². The second-order valence-corrected chi connectivity index (χ2v) is 5.47. The largest absolute Gasteiger partial charge is 0.465 e. The lowest BCUT2D eigenvalue weighted by Gasteiger charge is -2.22. The van der Waals surface area contributed by atoms with Crippen molar-refractivity contribution in [1.29, 1.82) is 0 Å². The smallest absolute Gasteiger partial charge is 0.325 e. The van der Waals surface area contributed by atoms with Gasteiger partial charge in [0.15, 0.2) is 0 Å². The summed E-state index contributed by atoms with van der Waals surface area (Å²) in [5.41, 5.74) is 6.77. The van der Waals surface area contributed by atoms with Crippen LogP contribution in [0.3, 0.4) is 0 Å². The van der Waals surface area contributed by atoms with Gasteiger partial charge < -0.3 is 15.4 Å². The van der Waals surface area contributed by atoms with Gasteiger partial charge in [0.25, 0.3) is 5.91 Å². The van der Waals surface area contributed by atoms with Crippen LogP contribution in [0.4, 0.5) is 5.69 Å². The number of halogens is 1. The minimum Gasteiger partial charge on any atom is -0.465 e. The molecule has 1 aromatic carbocycles. The summed E-state index contributed by atoms with van der Waals surface area (Å²) >= 11 is 3.33. The molecule has 108 valence electrons. The first kappa shape index (κ1) is 14.8. The van der Waals surface area contributed by atoms with Crippen LogP contribution in [0.2, 0.25) is 0 Å². The molecule has 0 unspecified atom stereocenters. The minimum absolute atomic E-state index is 0.0153. The maximum Gasteiger partial charge on any atom is 0.325 e. The van der Waals surface area contributed by atoms with E-state index in [9.17, 15) is 9.59 Å². The summed E-state index contributed by atoms with van der Waals surface area (Å²) in [4.78, 5) is 25.8. The summed E-state index contributed by atoms with van der Waals surface area (Å²) in [7, 11) is 0. The quantitative estimate of drug-likeness (QED) is 0.658. The van der Waals surface area contributed by atoms with Crippen molar-refractivity contribution < 1.29 is 14.3 Å². The molecule has 0 spiro atoms. The zero-order valence-corrected chi connectivity index (χ0v) is 12.9. The Morgan fingerprint density at radius 3 is 2.75 bits per heavy atom. The molecular formula is C14H17BrN2O3. The summed E-state index contributed by atoms with van der Waals surface area (Å²) in [6, 6.07) is 5.26. The molecule has 0 bridgehead atoms. The summed E-state index contributed by atoms with van der Waals surface area (Å²) in [5.74, 6) is -0.576. The first-order valence-electron chi connectivity index (χ1n) is 6.55. The Labute approximate surface area is 126 Å². The van der Waals surface area contributed by atoms with Crippen LogP contribution in [0.25, 0.3) is 0 Å². The lowest BCUT2D eigenvalue weighted by atomic mass is 10.1. The lowest BCUT2D eigenvalue weighted by Crippen LogP contribution is -2.38. The van der Waals surface area contributed by atoms with Crippen LogP contribution in [-0.2, 0) is 9.53 Å². The van der Waals surface area contributed by atoms with Crippen LogP contribution in [0, 0.1) is 0 Å². The number of benzene rings is 1. The monoisotopic (exact) mass is 340 g/mol. The van der Waals surface area contributed by atoms with Gasteiger partial charge in [-0.25, -0.2) is 0 Å². The molecule has 20 heavy (non-hydrogen) atoms. The highest BCUT2D eigenvalue weighted by Crippen LogP contribution is 2.31. The maximum absolute atomic E-state index is 12.6. The zero-order valence-electron chi connectivity index (χ0n) is 11.3. The molecule has 1 aliphatic carbocycles. The van der Waals surface area contributed by atoms with Gasteiger partial charge in [-0.05, 0) is 47.8 Å². The van der Waals surface area contributed by atoms with Crippen molar-refractivity contribution in [3.8, 4) is 0 Å². The van der Waals surface area contributed by atoms with Gasteiger partial charge in [0.2, 0.25) is 0 Å². The number of carbonyl (C=O) groups is 2. The molecule has 0 aromatic heterocycles. The molecule has 0 saturated heterocycles. The van der Waals surface area contributed by atoms with E-state index in [-0.39, 0.29) is 24.5 Å². The van der Waals surface area contributed by atoms with Crippen molar-refractivity contribution in [2.75, 3.05) is 18.9 Å². The molecule has 1 aromatic rings. The second-order valence-electron chi connectivity index (χ2n) is 4.68. The Balaban J connectivity index is 2.19. The number of anilines is 1. The van der Waals surface area contributed by atoms with E-state index in [1.54, 1.807) is 30.0 Å². The van der Waals surface area contributed by atoms with Crippen LogP contribution >= 0.6 is 15.9 Å². The number of nitrogen functional groups attached to an aromatic ring is 1. The Kier molecular flexibility index (Phi) is 4.65. The van der Waals surface area contributed by atoms with Gasteiger partial charge in [-0.1, -0.05) is 6.07 Å². The fraction of sp³-hybridized carbons (Fsp3) is 0.429. The summed E-state index contributed by atoms with van der Waals surface area (Å²) in [5, 5.41) is 0. The molecular weight excluding hydrogens is 324 g/mol. The van der Waals surface area contributed by atoms with Crippen LogP contribution in [0.15, 0.2) is 22.7 Å². The van der Waals surface area contributed by atoms with Crippen molar-refractivity contribution in [3.63, 3.8) is 0 Å². The third-order valence-corrected chi connectivity index (χ3v) is 4.00. The Morgan fingerprint density at radius 2 is 2.15 bits per heavy atom. The number of nitrogens with two attached hydrogens (primary N) is 1. The predicted molar refractivity (Wildman–Crippen MR) is 79.2 cm³/mol. The molecule has 0 radical (unpaired) electrons. The Morgan fingerprint density at radius 1 is 1.45 bits per heavy atom. The first-order valence-corrected chi connectivity index (χ1v) is 7.34. The number of hydrogen-bond acceptors (Lipinski definition) is 4. The van der Waals surface area contributed by atoms with E-state index in [0.717, 1.165) is 12.8 Å².